The molecule has 0 atom stereocenters. The van der Waals surface area contributed by atoms with Gasteiger partial charge in [0, 0.05) is 0 Å². The van der Waals surface area contributed by atoms with E-state index in [1.165, 1.54) is 135 Å². The van der Waals surface area contributed by atoms with Gasteiger partial charge in [-0.2, -0.15) is 0 Å². The second-order valence-electron chi connectivity index (χ2n) is 8.45. The van der Waals surface area contributed by atoms with Crippen molar-refractivity contribution in [3.63, 3.8) is 0 Å². The van der Waals surface area contributed by atoms with Gasteiger partial charge in [0.2, 0.25) is 0 Å². The summed E-state index contributed by atoms with van der Waals surface area (Å²) in [6, 6.07) is 0. The van der Waals surface area contributed by atoms with Crippen molar-refractivity contribution in [2.45, 2.75) is 156 Å². The molecular formula is C26H52. The molecule has 0 heteroatoms. The highest BCUT2D eigenvalue weighted by atomic mass is 14.1. The first-order valence-electron chi connectivity index (χ1n) is 12.5. The van der Waals surface area contributed by atoms with E-state index in [1.54, 1.807) is 5.57 Å². The lowest BCUT2D eigenvalue weighted by molar-refractivity contribution is 0.568. The monoisotopic (exact) mass is 364 g/mol. The van der Waals surface area contributed by atoms with Crippen molar-refractivity contribution in [3.8, 4) is 0 Å². The molecule has 0 fully saturated rings. The van der Waals surface area contributed by atoms with Gasteiger partial charge in [0.05, 0.1) is 0 Å². The highest BCUT2D eigenvalue weighted by Crippen LogP contribution is 2.19. The molecule has 0 aliphatic carbocycles. The van der Waals surface area contributed by atoms with Gasteiger partial charge in [-0.05, 0) is 38.5 Å². The Bertz CT molecular complexity index is 276. The Balaban J connectivity index is 3.77. The Kier molecular flexibility index (Phi) is 22.6. The van der Waals surface area contributed by atoms with E-state index in [0.29, 0.717) is 0 Å². The van der Waals surface area contributed by atoms with Gasteiger partial charge < -0.3 is 0 Å². The van der Waals surface area contributed by atoms with Gasteiger partial charge in [-0.3, -0.25) is 0 Å². The quantitative estimate of drug-likeness (QED) is 0.140. The van der Waals surface area contributed by atoms with Gasteiger partial charge in [-0.25, -0.2) is 0 Å². The van der Waals surface area contributed by atoms with Crippen LogP contribution >= 0.6 is 0 Å². The molecule has 0 saturated carbocycles. The lowest BCUT2D eigenvalue weighted by Gasteiger charge is -2.08. The minimum Gasteiger partial charge on any atom is -0.0853 e. The molecule has 0 aliphatic heterocycles. The summed E-state index contributed by atoms with van der Waals surface area (Å²) >= 11 is 0. The first-order chi connectivity index (χ1) is 12.8. The van der Waals surface area contributed by atoms with E-state index >= 15 is 0 Å². The molecule has 156 valence electrons. The number of unbranched alkanes of at least 4 members (excludes halogenated alkanes) is 16. The molecule has 0 bridgehead atoms. The van der Waals surface area contributed by atoms with Crippen LogP contribution in [0, 0.1) is 0 Å². The zero-order valence-electron chi connectivity index (χ0n) is 18.9. The van der Waals surface area contributed by atoms with Crippen LogP contribution < -0.4 is 0 Å². The van der Waals surface area contributed by atoms with Crippen LogP contribution in [0.3, 0.4) is 0 Å². The maximum absolute atomic E-state index is 2.63. The molecule has 0 rings (SSSR count). The fourth-order valence-electron chi connectivity index (χ4n) is 3.82. The van der Waals surface area contributed by atoms with E-state index in [-0.39, 0.29) is 0 Å². The third kappa shape index (κ3) is 20.1. The fraction of sp³-hybridized carbons (Fsp3) is 0.923. The zero-order valence-corrected chi connectivity index (χ0v) is 18.9. The number of allylic oxidation sites excluding steroid dienone is 2. The predicted molar refractivity (Wildman–Crippen MR) is 122 cm³/mol. The molecule has 0 aromatic heterocycles. The van der Waals surface area contributed by atoms with E-state index in [2.05, 4.69) is 26.8 Å². The van der Waals surface area contributed by atoms with E-state index in [1.807, 2.05) is 0 Å². The molecule has 0 saturated heterocycles. The van der Waals surface area contributed by atoms with Crippen LogP contribution in [-0.4, -0.2) is 0 Å². The van der Waals surface area contributed by atoms with Crippen molar-refractivity contribution in [1.82, 2.24) is 0 Å². The zero-order chi connectivity index (χ0) is 19.1. The van der Waals surface area contributed by atoms with Gasteiger partial charge in [-0.1, -0.05) is 129 Å². The highest BCUT2D eigenvalue weighted by Gasteiger charge is 1.99. The van der Waals surface area contributed by atoms with Crippen molar-refractivity contribution >= 4 is 0 Å². The summed E-state index contributed by atoms with van der Waals surface area (Å²) in [5.41, 5.74) is 1.79. The summed E-state index contributed by atoms with van der Waals surface area (Å²) in [6.45, 7) is 6.93. The molecule has 0 aromatic rings. The van der Waals surface area contributed by atoms with Gasteiger partial charge in [0.15, 0.2) is 0 Å². The Hall–Kier alpha value is -0.260. The van der Waals surface area contributed by atoms with Crippen LogP contribution in [0.5, 0.6) is 0 Å². The van der Waals surface area contributed by atoms with Crippen LogP contribution in [0.25, 0.3) is 0 Å². The number of hydrogen-bond acceptors (Lipinski definition) is 0. The first kappa shape index (κ1) is 25.7. The lowest BCUT2D eigenvalue weighted by atomic mass is 9.98. The van der Waals surface area contributed by atoms with Crippen molar-refractivity contribution in [2.24, 2.45) is 0 Å². The van der Waals surface area contributed by atoms with Gasteiger partial charge in [0.1, 0.15) is 0 Å². The van der Waals surface area contributed by atoms with Crippen LogP contribution in [-0.2, 0) is 0 Å². The summed E-state index contributed by atoms with van der Waals surface area (Å²) in [4.78, 5) is 0. The number of rotatable bonds is 21. The Labute approximate surface area is 167 Å². The Morgan fingerprint density at radius 1 is 0.423 bits per heavy atom. The highest BCUT2D eigenvalue weighted by molar-refractivity contribution is 5.01. The second kappa shape index (κ2) is 22.8. The second-order valence-corrected chi connectivity index (χ2v) is 8.45. The standard InChI is InChI=1S/C26H52/c1-4-7-10-12-14-16-18-21-24-26(23-20-9-6-3)25-22-19-17-15-13-11-8-5-2/h24H,4-23,25H2,1-3H3/b26-24+. The number of hydrogen-bond donors (Lipinski definition) is 0. The molecule has 0 unspecified atom stereocenters. The minimum absolute atomic E-state index is 1.34. The summed E-state index contributed by atoms with van der Waals surface area (Å²) in [5, 5.41) is 0. The van der Waals surface area contributed by atoms with E-state index in [9.17, 15) is 0 Å². The molecule has 0 aliphatic rings. The van der Waals surface area contributed by atoms with Crippen LogP contribution in [0.2, 0.25) is 0 Å². The van der Waals surface area contributed by atoms with Crippen LogP contribution in [0.4, 0.5) is 0 Å². The largest absolute Gasteiger partial charge is 0.0853 e. The van der Waals surface area contributed by atoms with E-state index in [0.717, 1.165) is 0 Å². The fourth-order valence-corrected chi connectivity index (χ4v) is 3.82. The van der Waals surface area contributed by atoms with Crippen molar-refractivity contribution in [2.75, 3.05) is 0 Å². The molecule has 0 heterocycles. The molecule has 0 nitrogen and oxygen atoms in total. The first-order valence-corrected chi connectivity index (χ1v) is 12.5. The normalized spacial score (nSPS) is 12.0. The molecule has 0 amide bonds. The topological polar surface area (TPSA) is 0 Å². The van der Waals surface area contributed by atoms with E-state index < -0.39 is 0 Å². The molecule has 0 radical (unpaired) electrons. The van der Waals surface area contributed by atoms with Crippen molar-refractivity contribution in [3.05, 3.63) is 11.6 Å². The summed E-state index contributed by atoms with van der Waals surface area (Å²) < 4.78 is 0. The predicted octanol–water partition coefficient (Wildman–Crippen LogP) is 10.2. The maximum atomic E-state index is 2.63. The molecule has 0 aromatic carbocycles. The van der Waals surface area contributed by atoms with Gasteiger partial charge in [-0.15, -0.1) is 0 Å². The van der Waals surface area contributed by atoms with Crippen LogP contribution in [0.1, 0.15) is 156 Å². The summed E-state index contributed by atoms with van der Waals surface area (Å²) in [7, 11) is 0. The average Bonchev–Trinajstić information content (AvgIpc) is 2.65. The third-order valence-corrected chi connectivity index (χ3v) is 5.69. The average molecular weight is 365 g/mol. The Morgan fingerprint density at radius 3 is 1.27 bits per heavy atom. The SMILES string of the molecule is CCCCCCCCC/C=C(\CCCCC)CCCCCCCCCC. The summed E-state index contributed by atoms with van der Waals surface area (Å²) in [5.74, 6) is 0. The Morgan fingerprint density at radius 2 is 0.769 bits per heavy atom. The minimum atomic E-state index is 1.34. The van der Waals surface area contributed by atoms with Crippen molar-refractivity contribution in [1.29, 1.82) is 0 Å². The molecular weight excluding hydrogens is 312 g/mol. The lowest BCUT2D eigenvalue weighted by Crippen LogP contribution is -1.88. The smallest absolute Gasteiger partial charge is 0.0320 e. The van der Waals surface area contributed by atoms with Crippen molar-refractivity contribution < 1.29 is 0 Å². The maximum Gasteiger partial charge on any atom is -0.0320 e. The van der Waals surface area contributed by atoms with Gasteiger partial charge >= 0.3 is 0 Å². The molecule has 26 heavy (non-hydrogen) atoms. The molecule has 0 spiro atoms. The third-order valence-electron chi connectivity index (χ3n) is 5.69. The van der Waals surface area contributed by atoms with Crippen LogP contribution in [0.15, 0.2) is 11.6 Å². The summed E-state index contributed by atoms with van der Waals surface area (Å²) in [6.07, 6.45) is 32.5. The molecule has 0 N–H and O–H groups in total. The van der Waals surface area contributed by atoms with Gasteiger partial charge in [0.25, 0.3) is 0 Å². The van der Waals surface area contributed by atoms with E-state index in [4.69, 9.17) is 0 Å².